The fourth-order valence-electron chi connectivity index (χ4n) is 4.58. The molecular formula is C21H29NO3S. The number of thioether (sulfide) groups is 1. The van der Waals surface area contributed by atoms with E-state index < -0.39 is 21.0 Å². The molecule has 0 aromatic heterocycles. The van der Waals surface area contributed by atoms with E-state index in [2.05, 4.69) is 5.32 Å². The summed E-state index contributed by atoms with van der Waals surface area (Å²) in [7, 11) is 0. The summed E-state index contributed by atoms with van der Waals surface area (Å²) in [5.74, 6) is -1.28. The van der Waals surface area contributed by atoms with E-state index in [0.717, 1.165) is 43.2 Å². The molecule has 1 amide bonds. The summed E-state index contributed by atoms with van der Waals surface area (Å²) in [6.07, 6.45) is 4.64. The first kappa shape index (κ1) is 19.3. The maximum atomic E-state index is 13.3. The monoisotopic (exact) mass is 375 g/mol. The predicted molar refractivity (Wildman–Crippen MR) is 105 cm³/mol. The van der Waals surface area contributed by atoms with Gasteiger partial charge < -0.3 is 10.4 Å². The Morgan fingerprint density at radius 1 is 1.15 bits per heavy atom. The van der Waals surface area contributed by atoms with Gasteiger partial charge in [-0.3, -0.25) is 9.59 Å². The first-order valence-electron chi connectivity index (χ1n) is 9.51. The summed E-state index contributed by atoms with van der Waals surface area (Å²) >= 11 is 1.33. The number of carbonyl (C=O) groups excluding carboxylic acids is 1. The molecule has 1 aliphatic heterocycles. The van der Waals surface area contributed by atoms with Crippen LogP contribution in [0.3, 0.4) is 0 Å². The van der Waals surface area contributed by atoms with Crippen molar-refractivity contribution in [3.63, 3.8) is 0 Å². The maximum absolute atomic E-state index is 13.3. The van der Waals surface area contributed by atoms with E-state index in [1.807, 2.05) is 52.0 Å². The summed E-state index contributed by atoms with van der Waals surface area (Å²) in [6, 6.07) is 8.08. The summed E-state index contributed by atoms with van der Waals surface area (Å²) in [5, 5.41) is 13.4. The number of carboxylic acids is 1. The molecule has 0 radical (unpaired) electrons. The van der Waals surface area contributed by atoms with Crippen LogP contribution in [-0.2, 0) is 14.5 Å². The number of hydrogen-bond donors (Lipinski definition) is 2. The lowest BCUT2D eigenvalue weighted by Gasteiger charge is -2.44. The normalized spacial score (nSPS) is 31.0. The molecule has 3 rings (SSSR count). The number of carboxylic acid groups (broad SMARTS) is 1. The van der Waals surface area contributed by atoms with Gasteiger partial charge in [0.1, 0.15) is 4.87 Å². The molecule has 1 aliphatic carbocycles. The van der Waals surface area contributed by atoms with Crippen molar-refractivity contribution in [3.05, 3.63) is 35.4 Å². The van der Waals surface area contributed by atoms with Crippen LogP contribution < -0.4 is 5.32 Å². The van der Waals surface area contributed by atoms with Crippen molar-refractivity contribution in [1.29, 1.82) is 0 Å². The van der Waals surface area contributed by atoms with Crippen molar-refractivity contribution in [2.75, 3.05) is 0 Å². The van der Waals surface area contributed by atoms with Gasteiger partial charge >= 0.3 is 5.97 Å². The average molecular weight is 376 g/mol. The number of rotatable bonds is 4. The number of hydrogen-bond acceptors (Lipinski definition) is 3. The number of nitrogens with one attached hydrogen (secondary N) is 1. The molecule has 1 aromatic rings. The Balaban J connectivity index is 2.13. The molecule has 1 aromatic carbocycles. The van der Waals surface area contributed by atoms with Crippen molar-refractivity contribution in [1.82, 2.24) is 5.32 Å². The lowest BCUT2D eigenvalue weighted by molar-refractivity contribution is -0.149. The first-order chi connectivity index (χ1) is 12.2. The first-order valence-corrected chi connectivity index (χ1v) is 10.3. The van der Waals surface area contributed by atoms with Crippen molar-refractivity contribution in [2.45, 2.75) is 69.4 Å². The smallest absolute Gasteiger partial charge is 0.330 e. The van der Waals surface area contributed by atoms with E-state index in [1.165, 1.54) is 11.8 Å². The summed E-state index contributed by atoms with van der Waals surface area (Å²) in [4.78, 5) is 25.1. The maximum Gasteiger partial charge on any atom is 0.330 e. The molecule has 2 aliphatic rings. The zero-order valence-corrected chi connectivity index (χ0v) is 16.9. The molecule has 2 fully saturated rings. The largest absolute Gasteiger partial charge is 0.480 e. The Bertz CT molecular complexity index is 708. The zero-order chi connectivity index (χ0) is 19.2. The zero-order valence-electron chi connectivity index (χ0n) is 16.1. The Labute approximate surface area is 160 Å². The molecule has 142 valence electrons. The van der Waals surface area contributed by atoms with Gasteiger partial charge in [-0.25, -0.2) is 0 Å². The van der Waals surface area contributed by atoms with E-state index in [4.69, 9.17) is 0 Å². The third-order valence-corrected chi connectivity index (χ3v) is 8.62. The van der Waals surface area contributed by atoms with Gasteiger partial charge in [-0.15, -0.1) is 0 Å². The third-order valence-electron chi connectivity index (χ3n) is 6.33. The Morgan fingerprint density at radius 3 is 2.23 bits per heavy atom. The summed E-state index contributed by atoms with van der Waals surface area (Å²) in [6.45, 7) is 8.12. The number of amides is 1. The van der Waals surface area contributed by atoms with Crippen molar-refractivity contribution < 1.29 is 14.7 Å². The van der Waals surface area contributed by atoms with Crippen LogP contribution in [0.2, 0.25) is 0 Å². The number of aryl methyl sites for hydroxylation is 1. The molecule has 0 bridgehead atoms. The molecule has 0 unspecified atom stereocenters. The van der Waals surface area contributed by atoms with Crippen LogP contribution in [0.25, 0.3) is 0 Å². The van der Waals surface area contributed by atoms with Crippen LogP contribution in [-0.4, -0.2) is 21.7 Å². The van der Waals surface area contributed by atoms with Gasteiger partial charge in [-0.05, 0) is 31.2 Å². The van der Waals surface area contributed by atoms with Crippen LogP contribution in [0.15, 0.2) is 24.3 Å². The second kappa shape index (κ2) is 6.59. The van der Waals surface area contributed by atoms with Gasteiger partial charge in [-0.2, -0.15) is 0 Å². The van der Waals surface area contributed by atoms with Crippen LogP contribution in [0.5, 0.6) is 0 Å². The number of benzene rings is 1. The minimum absolute atomic E-state index is 0.0626. The van der Waals surface area contributed by atoms with Gasteiger partial charge in [-0.1, -0.05) is 81.6 Å². The fraction of sp³-hybridized carbons (Fsp3) is 0.619. The average Bonchev–Trinajstić information content (AvgIpc) is 2.92. The van der Waals surface area contributed by atoms with Gasteiger partial charge in [0.05, 0.1) is 0 Å². The minimum atomic E-state index is -1.44. The van der Waals surface area contributed by atoms with Gasteiger partial charge in [0.2, 0.25) is 5.91 Å². The SMILES string of the molecule is Cc1ccc([C@@]2(C(C)C)NC(=O)[C@@](C(=O)O)(C3(C)CCCCC3)S2)cc1. The second-order valence-corrected chi connectivity index (χ2v) is 9.88. The highest BCUT2D eigenvalue weighted by Gasteiger charge is 2.69. The highest BCUT2D eigenvalue weighted by atomic mass is 32.2. The third kappa shape index (κ3) is 2.67. The Hall–Kier alpha value is -1.49. The summed E-state index contributed by atoms with van der Waals surface area (Å²) in [5.41, 5.74) is 1.58. The molecule has 4 nitrogen and oxygen atoms in total. The van der Waals surface area contributed by atoms with E-state index in [-0.39, 0.29) is 11.8 Å². The number of carbonyl (C=O) groups is 2. The topological polar surface area (TPSA) is 66.4 Å². The predicted octanol–water partition coefficient (Wildman–Crippen LogP) is 4.46. The fourth-order valence-corrected chi connectivity index (χ4v) is 6.38. The highest BCUT2D eigenvalue weighted by molar-refractivity contribution is 8.03. The number of aliphatic carboxylic acids is 1. The van der Waals surface area contributed by atoms with E-state index in [9.17, 15) is 14.7 Å². The molecule has 2 atom stereocenters. The van der Waals surface area contributed by atoms with Gasteiger partial charge in [0.15, 0.2) is 4.75 Å². The summed E-state index contributed by atoms with van der Waals surface area (Å²) < 4.78 is -1.44. The molecular weight excluding hydrogens is 346 g/mol. The minimum Gasteiger partial charge on any atom is -0.480 e. The molecule has 5 heteroatoms. The van der Waals surface area contributed by atoms with Crippen LogP contribution in [0.4, 0.5) is 0 Å². The van der Waals surface area contributed by atoms with Crippen LogP contribution >= 0.6 is 11.8 Å². The van der Waals surface area contributed by atoms with E-state index in [1.54, 1.807) is 0 Å². The van der Waals surface area contributed by atoms with Gasteiger partial charge in [0.25, 0.3) is 0 Å². The molecule has 0 spiro atoms. The lowest BCUT2D eigenvalue weighted by atomic mass is 9.66. The van der Waals surface area contributed by atoms with E-state index >= 15 is 0 Å². The second-order valence-electron chi connectivity index (χ2n) is 8.42. The van der Waals surface area contributed by atoms with Crippen LogP contribution in [0.1, 0.15) is 64.0 Å². The Morgan fingerprint density at radius 2 is 1.73 bits per heavy atom. The highest BCUT2D eigenvalue weighted by Crippen LogP contribution is 2.61. The van der Waals surface area contributed by atoms with Crippen LogP contribution in [0, 0.1) is 18.3 Å². The molecule has 1 heterocycles. The van der Waals surface area contributed by atoms with Crippen molar-refractivity contribution in [3.8, 4) is 0 Å². The molecule has 26 heavy (non-hydrogen) atoms. The molecule has 1 saturated carbocycles. The lowest BCUT2D eigenvalue weighted by Crippen LogP contribution is -2.56. The van der Waals surface area contributed by atoms with E-state index in [0.29, 0.717) is 0 Å². The van der Waals surface area contributed by atoms with Gasteiger partial charge in [0, 0.05) is 5.41 Å². The Kier molecular flexibility index (Phi) is 4.89. The molecule has 1 saturated heterocycles. The quantitative estimate of drug-likeness (QED) is 0.763. The van der Waals surface area contributed by atoms with Crippen molar-refractivity contribution >= 4 is 23.6 Å². The molecule has 2 N–H and O–H groups in total. The standard InChI is InChI=1S/C21H29NO3S/c1-14(2)21(16-10-8-15(3)9-11-16)22-17(23)20(26-21,18(24)25)19(4)12-6-5-7-13-19/h8-11,14H,5-7,12-13H2,1-4H3,(H,22,23)(H,24,25)/t20-,21+/m1/s1. The van der Waals surface area contributed by atoms with Crippen molar-refractivity contribution in [2.24, 2.45) is 11.3 Å².